The van der Waals surface area contributed by atoms with Gasteiger partial charge in [0, 0.05) is 0 Å². The Morgan fingerprint density at radius 1 is 1.44 bits per heavy atom. The quantitative estimate of drug-likeness (QED) is 0.851. The molecule has 0 spiro atoms. The highest BCUT2D eigenvalue weighted by Gasteiger charge is 2.14. The van der Waals surface area contributed by atoms with Crippen LogP contribution < -0.4 is 0 Å². The average molecular weight is 222 g/mol. The molecular formula is C10H7FN2O3. The van der Waals surface area contributed by atoms with E-state index in [1.807, 2.05) is 0 Å². The van der Waals surface area contributed by atoms with Gasteiger partial charge in [0.05, 0.1) is 5.56 Å². The van der Waals surface area contributed by atoms with E-state index in [9.17, 15) is 9.18 Å². The maximum Gasteiger partial charge on any atom is 0.311 e. The Labute approximate surface area is 89.5 Å². The second kappa shape index (κ2) is 4.09. The van der Waals surface area contributed by atoms with Crippen LogP contribution in [0.15, 0.2) is 28.8 Å². The molecule has 0 atom stereocenters. The van der Waals surface area contributed by atoms with Crippen LogP contribution in [-0.4, -0.2) is 21.2 Å². The maximum atomic E-state index is 13.3. The van der Waals surface area contributed by atoms with Crippen molar-refractivity contribution in [2.75, 3.05) is 0 Å². The summed E-state index contributed by atoms with van der Waals surface area (Å²) in [5.41, 5.74) is 0.159. The van der Waals surface area contributed by atoms with Gasteiger partial charge in [-0.1, -0.05) is 17.3 Å². The first-order chi connectivity index (χ1) is 7.66. The van der Waals surface area contributed by atoms with Gasteiger partial charge in [0.1, 0.15) is 12.2 Å². The molecule has 0 saturated heterocycles. The summed E-state index contributed by atoms with van der Waals surface area (Å²) in [5.74, 6) is -1.56. The monoisotopic (exact) mass is 222 g/mol. The minimum atomic E-state index is -1.07. The van der Waals surface area contributed by atoms with Crippen LogP contribution in [0.4, 0.5) is 4.39 Å². The van der Waals surface area contributed by atoms with E-state index in [-0.39, 0.29) is 23.7 Å². The summed E-state index contributed by atoms with van der Waals surface area (Å²) >= 11 is 0. The topological polar surface area (TPSA) is 76.2 Å². The molecule has 0 fully saturated rings. The van der Waals surface area contributed by atoms with Crippen molar-refractivity contribution in [1.82, 2.24) is 10.1 Å². The minimum Gasteiger partial charge on any atom is -0.481 e. The average Bonchev–Trinajstić information content (AvgIpc) is 2.66. The van der Waals surface area contributed by atoms with Crippen LogP contribution in [0.5, 0.6) is 0 Å². The lowest BCUT2D eigenvalue weighted by Crippen LogP contribution is -2.01. The van der Waals surface area contributed by atoms with Crippen LogP contribution >= 0.6 is 0 Å². The molecule has 6 heteroatoms. The molecule has 1 heterocycles. The van der Waals surface area contributed by atoms with Gasteiger partial charge in [0.25, 0.3) is 5.89 Å². The van der Waals surface area contributed by atoms with E-state index in [0.29, 0.717) is 0 Å². The van der Waals surface area contributed by atoms with Gasteiger partial charge in [0.2, 0.25) is 0 Å². The van der Waals surface area contributed by atoms with E-state index >= 15 is 0 Å². The van der Waals surface area contributed by atoms with Crippen LogP contribution in [0, 0.1) is 5.82 Å². The van der Waals surface area contributed by atoms with E-state index in [0.717, 1.165) is 0 Å². The first-order valence-electron chi connectivity index (χ1n) is 4.46. The van der Waals surface area contributed by atoms with Crippen LogP contribution in [0.1, 0.15) is 5.82 Å². The summed E-state index contributed by atoms with van der Waals surface area (Å²) in [7, 11) is 0. The summed E-state index contributed by atoms with van der Waals surface area (Å²) in [6.45, 7) is 0. The molecule has 0 radical (unpaired) electrons. The van der Waals surface area contributed by atoms with Gasteiger partial charge < -0.3 is 9.63 Å². The summed E-state index contributed by atoms with van der Waals surface area (Å²) < 4.78 is 18.1. The Balaban J connectivity index is 2.32. The molecule has 1 aromatic carbocycles. The molecule has 2 rings (SSSR count). The van der Waals surface area contributed by atoms with E-state index in [4.69, 9.17) is 9.63 Å². The molecule has 0 aliphatic rings. The maximum absolute atomic E-state index is 13.3. The highest BCUT2D eigenvalue weighted by molar-refractivity contribution is 5.69. The third-order valence-corrected chi connectivity index (χ3v) is 1.88. The number of aromatic nitrogens is 2. The number of aliphatic carboxylic acids is 1. The van der Waals surface area contributed by atoms with Gasteiger partial charge in [-0.2, -0.15) is 4.98 Å². The van der Waals surface area contributed by atoms with E-state index in [2.05, 4.69) is 10.1 Å². The first kappa shape index (κ1) is 10.3. The Morgan fingerprint density at radius 3 is 2.88 bits per heavy atom. The zero-order valence-electron chi connectivity index (χ0n) is 8.05. The van der Waals surface area contributed by atoms with Gasteiger partial charge in [-0.3, -0.25) is 4.79 Å². The standard InChI is InChI=1S/C10H7FN2O3/c11-7-4-2-1-3-6(7)10-12-8(13-16-10)5-9(14)15/h1-4H,5H2,(H,14,15). The van der Waals surface area contributed by atoms with Crippen LogP contribution in [0.3, 0.4) is 0 Å². The molecule has 16 heavy (non-hydrogen) atoms. The molecule has 0 bridgehead atoms. The molecule has 5 nitrogen and oxygen atoms in total. The lowest BCUT2D eigenvalue weighted by molar-refractivity contribution is -0.136. The molecule has 0 aliphatic heterocycles. The molecule has 2 aromatic rings. The third-order valence-electron chi connectivity index (χ3n) is 1.88. The van der Waals surface area contributed by atoms with Crippen molar-refractivity contribution in [3.8, 4) is 11.5 Å². The van der Waals surface area contributed by atoms with Crippen molar-refractivity contribution < 1.29 is 18.8 Å². The van der Waals surface area contributed by atoms with Crippen molar-refractivity contribution in [2.45, 2.75) is 6.42 Å². The van der Waals surface area contributed by atoms with Gasteiger partial charge in [0.15, 0.2) is 5.82 Å². The zero-order valence-corrected chi connectivity index (χ0v) is 8.05. The zero-order chi connectivity index (χ0) is 11.5. The molecule has 1 N–H and O–H groups in total. The van der Waals surface area contributed by atoms with E-state index in [1.165, 1.54) is 18.2 Å². The predicted octanol–water partition coefficient (Wildman–Crippen LogP) is 1.50. The number of hydrogen-bond donors (Lipinski definition) is 1. The molecule has 0 saturated carbocycles. The fourth-order valence-corrected chi connectivity index (χ4v) is 1.21. The predicted molar refractivity (Wildman–Crippen MR) is 51.0 cm³/mol. The van der Waals surface area contributed by atoms with Crippen molar-refractivity contribution in [2.24, 2.45) is 0 Å². The number of benzene rings is 1. The van der Waals surface area contributed by atoms with Crippen molar-refractivity contribution in [3.05, 3.63) is 35.9 Å². The van der Waals surface area contributed by atoms with Crippen molar-refractivity contribution in [3.63, 3.8) is 0 Å². The van der Waals surface area contributed by atoms with E-state index in [1.54, 1.807) is 6.07 Å². The molecule has 0 amide bonds. The highest BCUT2D eigenvalue weighted by atomic mass is 19.1. The number of carbonyl (C=O) groups is 1. The Hall–Kier alpha value is -2.24. The van der Waals surface area contributed by atoms with Crippen molar-refractivity contribution >= 4 is 5.97 Å². The third kappa shape index (κ3) is 2.05. The van der Waals surface area contributed by atoms with Gasteiger partial charge in [-0.25, -0.2) is 4.39 Å². The molecule has 1 aromatic heterocycles. The second-order valence-electron chi connectivity index (χ2n) is 3.07. The van der Waals surface area contributed by atoms with E-state index < -0.39 is 11.8 Å². The van der Waals surface area contributed by atoms with Crippen LogP contribution in [0.2, 0.25) is 0 Å². The summed E-state index contributed by atoms with van der Waals surface area (Å²) in [5, 5.41) is 11.9. The fourth-order valence-electron chi connectivity index (χ4n) is 1.21. The summed E-state index contributed by atoms with van der Waals surface area (Å²) in [4.78, 5) is 14.2. The van der Waals surface area contributed by atoms with Gasteiger partial charge in [-0.05, 0) is 12.1 Å². The Morgan fingerprint density at radius 2 is 2.19 bits per heavy atom. The SMILES string of the molecule is O=C(O)Cc1noc(-c2ccccc2F)n1. The molecule has 0 aliphatic carbocycles. The molecule has 82 valence electrons. The normalized spacial score (nSPS) is 10.3. The highest BCUT2D eigenvalue weighted by Crippen LogP contribution is 2.20. The minimum absolute atomic E-state index is 0.0191. The van der Waals surface area contributed by atoms with Crippen LogP contribution in [0.25, 0.3) is 11.5 Å². The number of halogens is 1. The Kier molecular flexibility index (Phi) is 2.63. The fraction of sp³-hybridized carbons (Fsp3) is 0.100. The van der Waals surface area contributed by atoms with Crippen LogP contribution in [-0.2, 0) is 11.2 Å². The molecule has 0 unspecified atom stereocenters. The number of carboxylic acids is 1. The Bertz CT molecular complexity index is 524. The van der Waals surface area contributed by atoms with Gasteiger partial charge >= 0.3 is 5.97 Å². The number of carboxylic acid groups (broad SMARTS) is 1. The van der Waals surface area contributed by atoms with Gasteiger partial charge in [-0.15, -0.1) is 0 Å². The number of hydrogen-bond acceptors (Lipinski definition) is 4. The number of nitrogens with zero attached hydrogens (tertiary/aromatic N) is 2. The smallest absolute Gasteiger partial charge is 0.311 e. The summed E-state index contributed by atoms with van der Waals surface area (Å²) in [6, 6.07) is 5.90. The largest absolute Gasteiger partial charge is 0.481 e. The molecular weight excluding hydrogens is 215 g/mol. The second-order valence-corrected chi connectivity index (χ2v) is 3.07. The first-order valence-corrected chi connectivity index (χ1v) is 4.46. The van der Waals surface area contributed by atoms with Crippen molar-refractivity contribution in [1.29, 1.82) is 0 Å². The lowest BCUT2D eigenvalue weighted by atomic mass is 10.2. The summed E-state index contributed by atoms with van der Waals surface area (Å²) in [6.07, 6.45) is -0.349. The lowest BCUT2D eigenvalue weighted by Gasteiger charge is -1.94. The number of rotatable bonds is 3.